The van der Waals surface area contributed by atoms with E-state index in [9.17, 15) is 8.42 Å². The van der Waals surface area contributed by atoms with E-state index in [1.165, 1.54) is 18.4 Å². The molecule has 0 radical (unpaired) electrons. The van der Waals surface area contributed by atoms with Crippen LogP contribution in [0.25, 0.3) is 0 Å². The van der Waals surface area contributed by atoms with Gasteiger partial charge in [-0.3, -0.25) is 4.90 Å². The summed E-state index contributed by atoms with van der Waals surface area (Å²) in [6, 6.07) is 10.6. The summed E-state index contributed by atoms with van der Waals surface area (Å²) in [6.07, 6.45) is 4.96. The number of hydrogen-bond donors (Lipinski definition) is 1. The predicted molar refractivity (Wildman–Crippen MR) is 91.4 cm³/mol. The molecule has 1 aromatic carbocycles. The Labute approximate surface area is 135 Å². The van der Waals surface area contributed by atoms with E-state index in [0.29, 0.717) is 6.54 Å². The molecule has 0 bridgehead atoms. The maximum Gasteiger partial charge on any atom is 0.211 e. The van der Waals surface area contributed by atoms with Gasteiger partial charge in [0.25, 0.3) is 0 Å². The highest BCUT2D eigenvalue weighted by molar-refractivity contribution is 7.89. The van der Waals surface area contributed by atoms with Crippen LogP contribution in [0.5, 0.6) is 0 Å². The molecule has 0 aliphatic carbocycles. The van der Waals surface area contributed by atoms with Gasteiger partial charge in [0, 0.05) is 12.6 Å². The van der Waals surface area contributed by atoms with E-state index in [2.05, 4.69) is 21.8 Å². The molecule has 0 saturated carbocycles. The minimum absolute atomic E-state index is 0.238. The molecule has 1 fully saturated rings. The van der Waals surface area contributed by atoms with Crippen molar-refractivity contribution in [3.63, 3.8) is 0 Å². The van der Waals surface area contributed by atoms with Crippen LogP contribution >= 0.6 is 0 Å². The summed E-state index contributed by atoms with van der Waals surface area (Å²) in [5.74, 6) is 0.238. The fourth-order valence-electron chi connectivity index (χ4n) is 2.95. The first-order valence-corrected chi connectivity index (χ1v) is 10.0. The predicted octanol–water partition coefficient (Wildman–Crippen LogP) is 2.41. The maximum absolute atomic E-state index is 12.0. The molecule has 1 aromatic rings. The zero-order valence-corrected chi connectivity index (χ0v) is 14.3. The summed E-state index contributed by atoms with van der Waals surface area (Å²) in [7, 11) is -3.14. The average Bonchev–Trinajstić information content (AvgIpc) is 3.05. The molecular weight excluding hydrogens is 296 g/mol. The Balaban J connectivity index is 1.96. The van der Waals surface area contributed by atoms with Crippen LogP contribution in [0.3, 0.4) is 0 Å². The van der Waals surface area contributed by atoms with Gasteiger partial charge in [-0.1, -0.05) is 43.7 Å². The Morgan fingerprint density at radius 2 is 1.86 bits per heavy atom. The summed E-state index contributed by atoms with van der Waals surface area (Å²) in [6.45, 7) is 4.68. The molecule has 0 spiro atoms. The highest BCUT2D eigenvalue weighted by atomic mass is 32.2. The van der Waals surface area contributed by atoms with Crippen LogP contribution in [0.4, 0.5) is 0 Å². The number of unbranched alkanes of at least 4 members (excludes halogenated alkanes) is 1. The Hall–Kier alpha value is -0.910. The number of benzene rings is 1. The van der Waals surface area contributed by atoms with E-state index in [1.54, 1.807) is 0 Å². The first-order chi connectivity index (χ1) is 10.6. The molecule has 5 heteroatoms. The molecule has 1 unspecified atom stereocenters. The lowest BCUT2D eigenvalue weighted by Crippen LogP contribution is -2.44. The third-order valence-electron chi connectivity index (χ3n) is 4.28. The van der Waals surface area contributed by atoms with Gasteiger partial charge in [-0.25, -0.2) is 13.1 Å². The van der Waals surface area contributed by atoms with E-state index in [0.717, 1.165) is 32.4 Å². The van der Waals surface area contributed by atoms with Crippen LogP contribution in [0, 0.1) is 0 Å². The van der Waals surface area contributed by atoms with Crippen molar-refractivity contribution < 1.29 is 8.42 Å². The zero-order valence-electron chi connectivity index (χ0n) is 13.5. The van der Waals surface area contributed by atoms with E-state index < -0.39 is 10.0 Å². The number of hydrogen-bond acceptors (Lipinski definition) is 3. The fourth-order valence-corrected chi connectivity index (χ4v) is 4.21. The Bertz CT molecular complexity index is 525. The standard InChI is InChI=1S/C17H28N2O2S/c1-2-3-13-22(20,21)18-15-17(19-11-7-8-12-19)14-16-9-5-4-6-10-16/h4-6,9-10,17-18H,2-3,7-8,11-15H2,1H3. The minimum Gasteiger partial charge on any atom is -0.299 e. The third-order valence-corrected chi connectivity index (χ3v) is 5.71. The molecule has 1 N–H and O–H groups in total. The van der Waals surface area contributed by atoms with Gasteiger partial charge in [-0.05, 0) is 44.3 Å². The number of sulfonamides is 1. The Morgan fingerprint density at radius 1 is 1.18 bits per heavy atom. The second-order valence-corrected chi connectivity index (χ2v) is 8.03. The summed E-state index contributed by atoms with van der Waals surface area (Å²) >= 11 is 0. The van der Waals surface area contributed by atoms with Crippen molar-refractivity contribution in [3.05, 3.63) is 35.9 Å². The van der Waals surface area contributed by atoms with Crippen LogP contribution in [0.15, 0.2) is 30.3 Å². The first-order valence-electron chi connectivity index (χ1n) is 8.36. The van der Waals surface area contributed by atoms with Gasteiger partial charge >= 0.3 is 0 Å². The molecule has 1 aliphatic heterocycles. The molecule has 0 aromatic heterocycles. The van der Waals surface area contributed by atoms with E-state index in [-0.39, 0.29) is 11.8 Å². The zero-order chi connectivity index (χ0) is 15.8. The molecule has 124 valence electrons. The monoisotopic (exact) mass is 324 g/mol. The van der Waals surface area contributed by atoms with Gasteiger partial charge in [0.2, 0.25) is 10.0 Å². The van der Waals surface area contributed by atoms with Crippen LogP contribution in [-0.4, -0.2) is 44.7 Å². The molecule has 1 heterocycles. The fraction of sp³-hybridized carbons (Fsp3) is 0.647. The number of likely N-dealkylation sites (tertiary alicyclic amines) is 1. The van der Waals surface area contributed by atoms with Crippen molar-refractivity contribution in [1.29, 1.82) is 0 Å². The second kappa shape index (κ2) is 8.65. The quantitative estimate of drug-likeness (QED) is 0.759. The van der Waals surface area contributed by atoms with Crippen molar-refractivity contribution in [3.8, 4) is 0 Å². The minimum atomic E-state index is -3.14. The van der Waals surface area contributed by atoms with Crippen molar-refractivity contribution >= 4 is 10.0 Å². The summed E-state index contributed by atoms with van der Waals surface area (Å²) in [5.41, 5.74) is 1.27. The van der Waals surface area contributed by atoms with E-state index >= 15 is 0 Å². The Morgan fingerprint density at radius 3 is 2.50 bits per heavy atom. The molecule has 1 atom stereocenters. The molecule has 0 amide bonds. The second-order valence-electron chi connectivity index (χ2n) is 6.11. The molecule has 1 aliphatic rings. The van der Waals surface area contributed by atoms with Crippen LogP contribution in [0.1, 0.15) is 38.2 Å². The highest BCUT2D eigenvalue weighted by Crippen LogP contribution is 2.15. The SMILES string of the molecule is CCCCS(=O)(=O)NCC(Cc1ccccc1)N1CCCC1. The van der Waals surface area contributed by atoms with Gasteiger partial charge < -0.3 is 0 Å². The smallest absolute Gasteiger partial charge is 0.211 e. The van der Waals surface area contributed by atoms with Gasteiger partial charge in [-0.15, -0.1) is 0 Å². The lowest BCUT2D eigenvalue weighted by atomic mass is 10.1. The Kier molecular flexibility index (Phi) is 6.86. The summed E-state index contributed by atoms with van der Waals surface area (Å²) in [5, 5.41) is 0. The van der Waals surface area contributed by atoms with Crippen molar-refractivity contribution in [2.75, 3.05) is 25.4 Å². The maximum atomic E-state index is 12.0. The number of nitrogens with zero attached hydrogens (tertiary/aromatic N) is 1. The van der Waals surface area contributed by atoms with Crippen molar-refractivity contribution in [2.45, 2.75) is 45.1 Å². The first kappa shape index (κ1) is 17.4. The highest BCUT2D eigenvalue weighted by Gasteiger charge is 2.23. The molecule has 22 heavy (non-hydrogen) atoms. The third kappa shape index (κ3) is 5.71. The van der Waals surface area contributed by atoms with Crippen LogP contribution < -0.4 is 4.72 Å². The average molecular weight is 324 g/mol. The van der Waals surface area contributed by atoms with Crippen molar-refractivity contribution in [1.82, 2.24) is 9.62 Å². The largest absolute Gasteiger partial charge is 0.299 e. The molecule has 4 nitrogen and oxygen atoms in total. The van der Waals surface area contributed by atoms with Gasteiger partial charge in [-0.2, -0.15) is 0 Å². The normalized spacial score (nSPS) is 17.7. The summed E-state index contributed by atoms with van der Waals surface area (Å²) < 4.78 is 26.9. The molecular formula is C17H28N2O2S. The van der Waals surface area contributed by atoms with E-state index in [4.69, 9.17) is 0 Å². The van der Waals surface area contributed by atoms with Gasteiger partial charge in [0.1, 0.15) is 0 Å². The van der Waals surface area contributed by atoms with Gasteiger partial charge in [0.05, 0.1) is 5.75 Å². The lowest BCUT2D eigenvalue weighted by molar-refractivity contribution is 0.241. The van der Waals surface area contributed by atoms with Crippen LogP contribution in [-0.2, 0) is 16.4 Å². The lowest BCUT2D eigenvalue weighted by Gasteiger charge is -2.28. The molecule has 2 rings (SSSR count). The van der Waals surface area contributed by atoms with E-state index in [1.807, 2.05) is 25.1 Å². The van der Waals surface area contributed by atoms with Crippen molar-refractivity contribution in [2.24, 2.45) is 0 Å². The van der Waals surface area contributed by atoms with Crippen LogP contribution in [0.2, 0.25) is 0 Å². The topological polar surface area (TPSA) is 49.4 Å². The number of rotatable bonds is 9. The van der Waals surface area contributed by atoms with Gasteiger partial charge in [0.15, 0.2) is 0 Å². The molecule has 1 saturated heterocycles. The number of nitrogens with one attached hydrogen (secondary N) is 1. The summed E-state index contributed by atoms with van der Waals surface area (Å²) in [4.78, 5) is 2.43.